The minimum Gasteiger partial charge on any atom is -0.434 e. The Kier molecular flexibility index (Phi) is 9.08. The fourth-order valence-electron chi connectivity index (χ4n) is 8.30. The molecule has 34 heavy (non-hydrogen) atoms. The minimum atomic E-state index is -0.460. The van der Waals surface area contributed by atoms with Crippen LogP contribution in [0.3, 0.4) is 0 Å². The van der Waals surface area contributed by atoms with Crippen LogP contribution in [0.2, 0.25) is 0 Å². The molecule has 0 radical (unpaired) electrons. The van der Waals surface area contributed by atoms with E-state index in [9.17, 15) is 4.79 Å². The van der Waals surface area contributed by atoms with Crippen LogP contribution in [-0.2, 0) is 9.47 Å². The quantitative estimate of drug-likeness (QED) is 0.248. The molecule has 0 saturated heterocycles. The summed E-state index contributed by atoms with van der Waals surface area (Å²) >= 11 is 0. The minimum absolute atomic E-state index is 0.0161. The number of hydrogen-bond donors (Lipinski definition) is 0. The molecule has 4 aliphatic carbocycles. The van der Waals surface area contributed by atoms with Crippen molar-refractivity contribution in [1.29, 1.82) is 0 Å². The fourth-order valence-corrected chi connectivity index (χ4v) is 8.30. The van der Waals surface area contributed by atoms with Gasteiger partial charge in [0.25, 0.3) is 0 Å². The van der Waals surface area contributed by atoms with Gasteiger partial charge in [-0.1, -0.05) is 72.0 Å². The molecule has 0 spiro atoms. The van der Waals surface area contributed by atoms with Crippen molar-refractivity contribution in [3.63, 3.8) is 0 Å². The van der Waals surface area contributed by atoms with Gasteiger partial charge < -0.3 is 9.47 Å². The zero-order valence-corrected chi connectivity index (χ0v) is 22.8. The van der Waals surface area contributed by atoms with Gasteiger partial charge in [0, 0.05) is 6.42 Å². The third kappa shape index (κ3) is 6.04. The van der Waals surface area contributed by atoms with Crippen molar-refractivity contribution in [3.05, 3.63) is 11.6 Å². The van der Waals surface area contributed by atoms with Gasteiger partial charge >= 0.3 is 6.16 Å². The molecular weight excluding hydrogens is 420 g/mol. The van der Waals surface area contributed by atoms with Gasteiger partial charge in [0.15, 0.2) is 0 Å². The van der Waals surface area contributed by atoms with E-state index in [1.54, 1.807) is 5.57 Å². The summed E-state index contributed by atoms with van der Waals surface area (Å²) in [7, 11) is 0. The van der Waals surface area contributed by atoms with Gasteiger partial charge in [-0.25, -0.2) is 4.79 Å². The summed E-state index contributed by atoms with van der Waals surface area (Å²) in [6, 6.07) is 0. The summed E-state index contributed by atoms with van der Waals surface area (Å²) in [6.07, 6.45) is 17.7. The van der Waals surface area contributed by atoms with E-state index in [0.29, 0.717) is 12.5 Å². The highest BCUT2D eigenvalue weighted by molar-refractivity contribution is 5.60. The van der Waals surface area contributed by atoms with Crippen LogP contribution in [0.5, 0.6) is 0 Å². The molecular formula is C31H52O3. The van der Waals surface area contributed by atoms with Crippen molar-refractivity contribution in [2.75, 3.05) is 6.61 Å². The maximum atomic E-state index is 12.2. The smallest absolute Gasteiger partial charge is 0.434 e. The molecule has 9 atom stereocenters. The molecule has 0 aliphatic heterocycles. The second-order valence-electron chi connectivity index (χ2n) is 13.0. The molecule has 0 heterocycles. The lowest BCUT2D eigenvalue weighted by molar-refractivity contribution is -0.00622. The Balaban J connectivity index is 1.30. The van der Waals surface area contributed by atoms with Gasteiger partial charge in [-0.2, -0.15) is 0 Å². The van der Waals surface area contributed by atoms with Gasteiger partial charge in [-0.3, -0.25) is 0 Å². The Bertz CT molecular complexity index is 697. The van der Waals surface area contributed by atoms with Crippen LogP contribution in [0.15, 0.2) is 11.6 Å². The van der Waals surface area contributed by atoms with Crippen LogP contribution in [0.25, 0.3) is 0 Å². The second-order valence-corrected chi connectivity index (χ2v) is 13.0. The zero-order chi connectivity index (χ0) is 24.2. The molecule has 0 aromatic rings. The molecule has 194 valence electrons. The zero-order valence-electron chi connectivity index (χ0n) is 22.8. The summed E-state index contributed by atoms with van der Waals surface area (Å²) in [5.74, 6) is 7.64. The lowest BCUT2D eigenvalue weighted by Gasteiger charge is -2.50. The lowest BCUT2D eigenvalue weighted by Crippen LogP contribution is -2.42. The molecule has 0 N–H and O–H groups in total. The van der Waals surface area contributed by atoms with Gasteiger partial charge in [0.05, 0.1) is 6.61 Å². The van der Waals surface area contributed by atoms with Crippen molar-refractivity contribution >= 4 is 6.16 Å². The Labute approximate surface area is 209 Å². The van der Waals surface area contributed by atoms with E-state index >= 15 is 0 Å². The number of rotatable bonds is 9. The molecule has 4 rings (SSSR count). The summed E-state index contributed by atoms with van der Waals surface area (Å²) in [6.45, 7) is 12.0. The highest BCUT2D eigenvalue weighted by atomic mass is 16.7. The normalized spacial score (nSPS) is 36.6. The van der Waals surface area contributed by atoms with Crippen LogP contribution < -0.4 is 0 Å². The van der Waals surface area contributed by atoms with Crippen molar-refractivity contribution in [1.82, 2.24) is 0 Å². The van der Waals surface area contributed by atoms with E-state index in [4.69, 9.17) is 9.47 Å². The van der Waals surface area contributed by atoms with Crippen LogP contribution in [0.1, 0.15) is 112 Å². The Morgan fingerprint density at radius 3 is 2.47 bits per heavy atom. The average Bonchev–Trinajstić information content (AvgIpc) is 3.26. The molecule has 0 bridgehead atoms. The first-order chi connectivity index (χ1) is 16.4. The van der Waals surface area contributed by atoms with Gasteiger partial charge in [0.2, 0.25) is 0 Å². The third-order valence-electron chi connectivity index (χ3n) is 10.4. The first-order valence-corrected chi connectivity index (χ1v) is 14.9. The molecule has 0 amide bonds. The number of carbonyl (C=O) groups is 1. The summed E-state index contributed by atoms with van der Waals surface area (Å²) in [5, 5.41) is 0. The molecule has 0 aromatic heterocycles. The SMILES string of the molecule is CCC(C)COC(=O)OC1CCC2C(=CCC3C2CCC2C(C(C)CCCC(C)C)CCC23)C1. The number of ether oxygens (including phenoxy) is 2. The van der Waals surface area contributed by atoms with Gasteiger partial charge in [0.1, 0.15) is 6.10 Å². The topological polar surface area (TPSA) is 35.5 Å². The number of allylic oxidation sites excluding steroid dienone is 1. The van der Waals surface area contributed by atoms with Crippen molar-refractivity contribution in [2.45, 2.75) is 118 Å². The van der Waals surface area contributed by atoms with Gasteiger partial charge in [-0.15, -0.1) is 0 Å². The monoisotopic (exact) mass is 472 g/mol. The molecule has 3 nitrogen and oxygen atoms in total. The largest absolute Gasteiger partial charge is 0.508 e. The van der Waals surface area contributed by atoms with E-state index in [1.807, 2.05) is 0 Å². The van der Waals surface area contributed by atoms with Crippen LogP contribution in [-0.4, -0.2) is 18.9 Å². The van der Waals surface area contributed by atoms with Crippen LogP contribution in [0.4, 0.5) is 4.79 Å². The molecule has 9 unspecified atom stereocenters. The lowest BCUT2D eigenvalue weighted by atomic mass is 9.56. The average molecular weight is 473 g/mol. The van der Waals surface area contributed by atoms with Crippen molar-refractivity contribution in [2.24, 2.45) is 53.3 Å². The predicted molar refractivity (Wildman–Crippen MR) is 139 cm³/mol. The van der Waals surface area contributed by atoms with Gasteiger partial charge in [-0.05, 0) is 98.2 Å². The molecule has 3 saturated carbocycles. The summed E-state index contributed by atoms with van der Waals surface area (Å²) in [4.78, 5) is 12.2. The fraction of sp³-hybridized carbons (Fsp3) is 0.903. The molecule has 0 aromatic carbocycles. The van der Waals surface area contributed by atoms with Crippen molar-refractivity contribution < 1.29 is 14.3 Å². The standard InChI is InChI=1S/C31H52O3/c1-6-21(4)19-33-31(32)34-24-11-13-26-23(18-24)10-12-29-28(26)17-16-27-25(14-15-30(27)29)22(5)9-7-8-20(2)3/h10,20-22,24-30H,6-9,11-19H2,1-5H3. The summed E-state index contributed by atoms with van der Waals surface area (Å²) < 4.78 is 11.1. The maximum Gasteiger partial charge on any atom is 0.508 e. The van der Waals surface area contributed by atoms with Crippen LogP contribution >= 0.6 is 0 Å². The second kappa shape index (κ2) is 11.8. The highest BCUT2D eigenvalue weighted by Gasteiger charge is 2.50. The van der Waals surface area contributed by atoms with E-state index in [-0.39, 0.29) is 6.10 Å². The maximum absolute atomic E-state index is 12.2. The Morgan fingerprint density at radius 2 is 1.71 bits per heavy atom. The third-order valence-corrected chi connectivity index (χ3v) is 10.4. The molecule has 3 heteroatoms. The first-order valence-electron chi connectivity index (χ1n) is 14.9. The first kappa shape index (κ1) is 26.1. The van der Waals surface area contributed by atoms with E-state index < -0.39 is 6.16 Å². The number of carbonyl (C=O) groups excluding carboxylic acids is 1. The van der Waals surface area contributed by atoms with Crippen LogP contribution in [0, 0.1) is 53.3 Å². The molecule has 4 aliphatic rings. The summed E-state index contributed by atoms with van der Waals surface area (Å²) in [5.41, 5.74) is 1.60. The van der Waals surface area contributed by atoms with E-state index in [2.05, 4.69) is 40.7 Å². The highest BCUT2D eigenvalue weighted by Crippen LogP contribution is 2.59. The van der Waals surface area contributed by atoms with Crippen molar-refractivity contribution in [3.8, 4) is 0 Å². The van der Waals surface area contributed by atoms with E-state index in [0.717, 1.165) is 66.6 Å². The van der Waals surface area contributed by atoms with E-state index in [1.165, 1.54) is 57.8 Å². The Hall–Kier alpha value is -0.990. The number of hydrogen-bond acceptors (Lipinski definition) is 3. The Morgan fingerprint density at radius 1 is 0.941 bits per heavy atom. The molecule has 3 fully saturated rings. The predicted octanol–water partition coefficient (Wildman–Crippen LogP) is 8.82. The number of fused-ring (bicyclic) bond motifs is 5.